The molecule has 0 aromatic heterocycles. The quantitative estimate of drug-likeness (QED) is 0.867. The van der Waals surface area contributed by atoms with Crippen molar-refractivity contribution in [2.45, 2.75) is 45.2 Å². The molecule has 0 bridgehead atoms. The number of rotatable bonds is 6. The average Bonchev–Trinajstić information content (AvgIpc) is 2.49. The molecule has 0 radical (unpaired) electrons. The lowest BCUT2D eigenvalue weighted by Crippen LogP contribution is -2.51. The molecule has 1 saturated heterocycles. The van der Waals surface area contributed by atoms with Gasteiger partial charge in [-0.1, -0.05) is 51.1 Å². The van der Waals surface area contributed by atoms with Gasteiger partial charge in [-0.3, -0.25) is 4.90 Å². The molecule has 0 amide bonds. The van der Waals surface area contributed by atoms with Crippen molar-refractivity contribution >= 4 is 11.8 Å². The number of hydrogen-bond donors (Lipinski definition) is 1. The first kappa shape index (κ1) is 16.9. The summed E-state index contributed by atoms with van der Waals surface area (Å²) in [5.41, 5.74) is 1.62. The Morgan fingerprint density at radius 2 is 2.05 bits per heavy atom. The Bertz CT molecular complexity index is 420. The van der Waals surface area contributed by atoms with Gasteiger partial charge in [0, 0.05) is 48.6 Å². The van der Waals surface area contributed by atoms with E-state index in [1.165, 1.54) is 23.6 Å². The number of thioether (sulfide) groups is 1. The predicted molar refractivity (Wildman–Crippen MR) is 95.3 cm³/mol. The summed E-state index contributed by atoms with van der Waals surface area (Å²) in [5.74, 6) is 2.54. The number of nitrogens with one attached hydrogen (secondary N) is 1. The Labute approximate surface area is 134 Å². The van der Waals surface area contributed by atoms with E-state index in [-0.39, 0.29) is 5.41 Å². The van der Waals surface area contributed by atoms with Gasteiger partial charge in [0.25, 0.3) is 0 Å². The van der Waals surface area contributed by atoms with Crippen LogP contribution >= 0.6 is 11.8 Å². The average molecular weight is 307 g/mol. The molecule has 1 fully saturated rings. The second kappa shape index (κ2) is 7.66. The molecule has 2 nitrogen and oxygen atoms in total. The van der Waals surface area contributed by atoms with Crippen LogP contribution in [0.1, 0.15) is 33.3 Å². The lowest BCUT2D eigenvalue weighted by Gasteiger charge is -2.41. The van der Waals surface area contributed by atoms with Crippen molar-refractivity contribution in [2.75, 3.05) is 31.1 Å². The lowest BCUT2D eigenvalue weighted by atomic mass is 9.81. The summed E-state index contributed by atoms with van der Waals surface area (Å²) in [4.78, 5) is 2.67. The highest BCUT2D eigenvalue weighted by atomic mass is 32.2. The lowest BCUT2D eigenvalue weighted by molar-refractivity contribution is 0.178. The molecule has 0 spiro atoms. The molecule has 0 saturated carbocycles. The highest BCUT2D eigenvalue weighted by molar-refractivity contribution is 7.99. The monoisotopic (exact) mass is 306 g/mol. The topological polar surface area (TPSA) is 15.3 Å². The molecule has 0 aliphatic carbocycles. The summed E-state index contributed by atoms with van der Waals surface area (Å²) in [6.45, 7) is 12.6. The van der Waals surface area contributed by atoms with Crippen molar-refractivity contribution in [3.05, 3.63) is 35.9 Å². The van der Waals surface area contributed by atoms with E-state index in [1.807, 2.05) is 0 Å². The van der Waals surface area contributed by atoms with Crippen molar-refractivity contribution in [3.63, 3.8) is 0 Å². The molecule has 21 heavy (non-hydrogen) atoms. The summed E-state index contributed by atoms with van der Waals surface area (Å²) in [6, 6.07) is 12.2. The van der Waals surface area contributed by atoms with Crippen molar-refractivity contribution in [1.82, 2.24) is 10.2 Å². The zero-order chi connectivity index (χ0) is 15.3. The van der Waals surface area contributed by atoms with Gasteiger partial charge in [-0.2, -0.15) is 11.8 Å². The summed E-state index contributed by atoms with van der Waals surface area (Å²) >= 11 is 2.09. The molecule has 2 rings (SSSR count). The molecule has 1 aliphatic rings. The van der Waals surface area contributed by atoms with E-state index in [4.69, 9.17) is 0 Å². The minimum Gasteiger partial charge on any atom is -0.314 e. The minimum atomic E-state index is 0.168. The smallest absolute Gasteiger partial charge is 0.0177 e. The number of nitrogens with zero attached hydrogens (tertiary/aromatic N) is 1. The highest BCUT2D eigenvalue weighted by Crippen LogP contribution is 2.27. The van der Waals surface area contributed by atoms with E-state index in [0.29, 0.717) is 12.1 Å². The Balaban J connectivity index is 2.15. The van der Waals surface area contributed by atoms with Crippen molar-refractivity contribution in [1.29, 1.82) is 0 Å². The van der Waals surface area contributed by atoms with Crippen molar-refractivity contribution < 1.29 is 0 Å². The maximum Gasteiger partial charge on any atom is 0.0177 e. The van der Waals surface area contributed by atoms with E-state index in [9.17, 15) is 0 Å². The Morgan fingerprint density at radius 3 is 2.67 bits per heavy atom. The molecule has 1 aromatic rings. The summed E-state index contributed by atoms with van der Waals surface area (Å²) in [5, 5.41) is 3.66. The van der Waals surface area contributed by atoms with Gasteiger partial charge in [0.1, 0.15) is 0 Å². The maximum absolute atomic E-state index is 3.66. The third-order valence-electron chi connectivity index (χ3n) is 4.43. The maximum atomic E-state index is 3.66. The van der Waals surface area contributed by atoms with Crippen LogP contribution in [0.4, 0.5) is 0 Å². The van der Waals surface area contributed by atoms with E-state index in [0.717, 1.165) is 13.1 Å². The first-order chi connectivity index (χ1) is 10.0. The largest absolute Gasteiger partial charge is 0.314 e. The summed E-state index contributed by atoms with van der Waals surface area (Å²) < 4.78 is 0. The van der Waals surface area contributed by atoms with Gasteiger partial charge in [0.2, 0.25) is 0 Å². The SMILES string of the molecule is CC(C)NCC(C)(CN1CCSCC1C)c1ccccc1. The molecular formula is C18H30N2S. The van der Waals surface area contributed by atoms with Crippen LogP contribution in [0.2, 0.25) is 0 Å². The predicted octanol–water partition coefficient (Wildman–Crippen LogP) is 3.38. The Morgan fingerprint density at radius 1 is 1.33 bits per heavy atom. The van der Waals surface area contributed by atoms with Crippen molar-refractivity contribution in [3.8, 4) is 0 Å². The third-order valence-corrected chi connectivity index (χ3v) is 5.62. The van der Waals surface area contributed by atoms with Crippen LogP contribution in [0.5, 0.6) is 0 Å². The standard InChI is InChI=1S/C18H30N2S/c1-15(2)19-13-18(4,17-8-6-5-7-9-17)14-20-10-11-21-12-16(20)3/h5-9,15-16,19H,10-14H2,1-4H3. The van der Waals surface area contributed by atoms with Crippen molar-refractivity contribution in [2.24, 2.45) is 0 Å². The second-order valence-corrected chi connectivity index (χ2v) is 8.01. The van der Waals surface area contributed by atoms with E-state index >= 15 is 0 Å². The Hall–Kier alpha value is -0.510. The van der Waals surface area contributed by atoms with Crippen LogP contribution in [0.3, 0.4) is 0 Å². The number of benzene rings is 1. The molecule has 1 aliphatic heterocycles. The fraction of sp³-hybridized carbons (Fsp3) is 0.667. The van der Waals surface area contributed by atoms with E-state index < -0.39 is 0 Å². The molecule has 2 atom stereocenters. The normalized spacial score (nSPS) is 23.2. The van der Waals surface area contributed by atoms with Crippen LogP contribution in [-0.2, 0) is 5.41 Å². The fourth-order valence-electron chi connectivity index (χ4n) is 2.96. The zero-order valence-corrected chi connectivity index (χ0v) is 14.7. The van der Waals surface area contributed by atoms with Gasteiger partial charge < -0.3 is 5.32 Å². The fourth-order valence-corrected chi connectivity index (χ4v) is 4.05. The van der Waals surface area contributed by atoms with Gasteiger partial charge in [-0.15, -0.1) is 0 Å². The van der Waals surface area contributed by atoms with Gasteiger partial charge in [-0.25, -0.2) is 0 Å². The highest BCUT2D eigenvalue weighted by Gasteiger charge is 2.31. The third kappa shape index (κ3) is 4.73. The molecular weight excluding hydrogens is 276 g/mol. The summed E-state index contributed by atoms with van der Waals surface area (Å²) in [7, 11) is 0. The van der Waals surface area contributed by atoms with Crippen LogP contribution < -0.4 is 5.32 Å². The Kier molecular flexibility index (Phi) is 6.15. The van der Waals surface area contributed by atoms with Crippen LogP contribution in [0, 0.1) is 0 Å². The summed E-state index contributed by atoms with van der Waals surface area (Å²) in [6.07, 6.45) is 0. The molecule has 3 heteroatoms. The van der Waals surface area contributed by atoms with Gasteiger partial charge >= 0.3 is 0 Å². The first-order valence-electron chi connectivity index (χ1n) is 8.12. The van der Waals surface area contributed by atoms with Gasteiger partial charge in [0.15, 0.2) is 0 Å². The van der Waals surface area contributed by atoms with Crippen LogP contribution in [0.15, 0.2) is 30.3 Å². The van der Waals surface area contributed by atoms with Crippen LogP contribution in [0.25, 0.3) is 0 Å². The minimum absolute atomic E-state index is 0.168. The van der Waals surface area contributed by atoms with Crippen LogP contribution in [-0.4, -0.2) is 48.1 Å². The number of hydrogen-bond acceptors (Lipinski definition) is 3. The second-order valence-electron chi connectivity index (χ2n) is 6.86. The van der Waals surface area contributed by atoms with E-state index in [2.05, 4.69) is 80.0 Å². The zero-order valence-electron chi connectivity index (χ0n) is 13.9. The molecule has 1 N–H and O–H groups in total. The van der Waals surface area contributed by atoms with Gasteiger partial charge in [-0.05, 0) is 12.5 Å². The molecule has 1 heterocycles. The van der Waals surface area contributed by atoms with E-state index in [1.54, 1.807) is 0 Å². The van der Waals surface area contributed by atoms with Gasteiger partial charge in [0.05, 0.1) is 0 Å². The molecule has 1 aromatic carbocycles. The molecule has 2 unspecified atom stereocenters. The first-order valence-corrected chi connectivity index (χ1v) is 9.27. The molecule has 118 valence electrons.